The average molecular weight is 613 g/mol. The first-order valence-electron chi connectivity index (χ1n) is 14.2. The number of ether oxygens (including phenoxy) is 1. The molecule has 0 saturated heterocycles. The fourth-order valence-corrected chi connectivity index (χ4v) is 6.79. The van der Waals surface area contributed by atoms with E-state index in [-0.39, 0.29) is 73.3 Å². The molecule has 1 aromatic carbocycles. The van der Waals surface area contributed by atoms with E-state index in [4.69, 9.17) is 21.3 Å². The van der Waals surface area contributed by atoms with Crippen LogP contribution in [0.5, 0.6) is 0 Å². The quantitative estimate of drug-likeness (QED) is 0.269. The molecule has 6 rings (SSSR count). The molecule has 2 aliphatic heterocycles. The van der Waals surface area contributed by atoms with E-state index in [2.05, 4.69) is 5.32 Å². The van der Waals surface area contributed by atoms with E-state index in [1.807, 2.05) is 0 Å². The normalized spacial score (nSPS) is 19.9. The van der Waals surface area contributed by atoms with Crippen molar-refractivity contribution in [3.8, 4) is 11.4 Å². The van der Waals surface area contributed by atoms with Gasteiger partial charge in [0.25, 0.3) is 5.56 Å². The third-order valence-electron chi connectivity index (χ3n) is 8.74. The number of aliphatic hydroxyl groups is 2. The number of amides is 2. The largest absolute Gasteiger partial charge is 0.458 e. The fourth-order valence-electron chi connectivity index (χ4n) is 6.55. The predicted molar refractivity (Wildman–Crippen MR) is 153 cm³/mol. The van der Waals surface area contributed by atoms with Gasteiger partial charge in [-0.05, 0) is 36.5 Å². The van der Waals surface area contributed by atoms with Crippen LogP contribution < -0.4 is 10.9 Å². The average Bonchev–Trinajstić information content (AvgIpc) is 3.36. The molecule has 0 radical (unpaired) electrons. The monoisotopic (exact) mass is 612 g/mol. The molecule has 4 heterocycles. The summed E-state index contributed by atoms with van der Waals surface area (Å²) >= 11 is 6.41. The Morgan fingerprint density at radius 1 is 1.26 bits per heavy atom. The highest BCUT2D eigenvalue weighted by molar-refractivity contribution is 6.32. The maximum absolute atomic E-state index is 15.0. The van der Waals surface area contributed by atoms with E-state index in [0.29, 0.717) is 46.3 Å². The van der Waals surface area contributed by atoms with Gasteiger partial charge in [-0.1, -0.05) is 25.4 Å². The first kappa shape index (κ1) is 29.2. The number of hydrogen-bond acceptors (Lipinski definition) is 8. The van der Waals surface area contributed by atoms with Crippen molar-refractivity contribution in [2.45, 2.75) is 64.3 Å². The van der Waals surface area contributed by atoms with Gasteiger partial charge in [0, 0.05) is 35.5 Å². The molecule has 43 heavy (non-hydrogen) atoms. The number of halogens is 2. The highest BCUT2D eigenvalue weighted by atomic mass is 35.5. The summed E-state index contributed by atoms with van der Waals surface area (Å²) < 4.78 is 21.6. The van der Waals surface area contributed by atoms with Crippen molar-refractivity contribution in [1.82, 2.24) is 19.8 Å². The molecule has 3 aliphatic rings. The summed E-state index contributed by atoms with van der Waals surface area (Å²) in [4.78, 5) is 57.9. The van der Waals surface area contributed by atoms with Gasteiger partial charge in [0.2, 0.25) is 11.8 Å². The smallest absolute Gasteiger partial charge is 0.343 e. The number of esters is 1. The second-order valence-electron chi connectivity index (χ2n) is 11.1. The van der Waals surface area contributed by atoms with E-state index >= 15 is 0 Å². The molecule has 3 aromatic rings. The number of hydrogen-bond donors (Lipinski definition) is 3. The number of benzene rings is 1. The number of aryl methyl sites for hydroxylation is 1. The van der Waals surface area contributed by atoms with Gasteiger partial charge < -0.3 is 29.7 Å². The summed E-state index contributed by atoms with van der Waals surface area (Å²) in [6.07, 6.45) is 0.881. The Morgan fingerprint density at radius 2 is 2.02 bits per heavy atom. The predicted octanol–water partition coefficient (Wildman–Crippen LogP) is 2.21. The molecule has 0 spiro atoms. The van der Waals surface area contributed by atoms with Crippen LogP contribution in [0.3, 0.4) is 0 Å². The van der Waals surface area contributed by atoms with Crippen LogP contribution in [0.15, 0.2) is 16.9 Å². The van der Waals surface area contributed by atoms with Gasteiger partial charge in [0.05, 0.1) is 53.2 Å². The van der Waals surface area contributed by atoms with Gasteiger partial charge in [-0.2, -0.15) is 0 Å². The summed E-state index contributed by atoms with van der Waals surface area (Å²) in [6.45, 7) is 2.55. The summed E-state index contributed by atoms with van der Waals surface area (Å²) in [5, 5.41) is 24.1. The van der Waals surface area contributed by atoms with Crippen LogP contribution in [0.1, 0.15) is 67.0 Å². The zero-order valence-corrected chi connectivity index (χ0v) is 24.4. The number of carbonyl (C=O) groups excluding carboxylic acids is 3. The second-order valence-corrected chi connectivity index (χ2v) is 11.4. The molecule has 0 saturated carbocycles. The number of nitrogens with one attached hydrogen (secondary N) is 1. The topological polar surface area (TPSA) is 151 Å². The lowest BCUT2D eigenvalue weighted by atomic mass is 9.83. The minimum atomic E-state index is -2.00. The summed E-state index contributed by atoms with van der Waals surface area (Å²) in [5.41, 5.74) is 0.719. The van der Waals surface area contributed by atoms with Crippen LogP contribution in [-0.2, 0) is 44.3 Å². The number of nitrogens with zero attached hydrogens (tertiary/aromatic N) is 3. The van der Waals surface area contributed by atoms with Crippen LogP contribution in [0.2, 0.25) is 5.02 Å². The molecule has 1 aliphatic carbocycles. The summed E-state index contributed by atoms with van der Waals surface area (Å²) in [6, 6.07) is 2.22. The Bertz CT molecular complexity index is 1790. The van der Waals surface area contributed by atoms with Crippen molar-refractivity contribution >= 4 is 40.3 Å². The highest BCUT2D eigenvalue weighted by Gasteiger charge is 2.46. The van der Waals surface area contributed by atoms with Crippen molar-refractivity contribution in [3.05, 3.63) is 61.1 Å². The standard InChI is InChI=1S/C30H30ClFN4O7/c1-3-23(39)35(7-8-37)12-22(38)33-19-6-5-14-24-20(10-18(32)26(14)31)34-27-15(25(19)24)11-36-21(27)9-17-16(28(36)40)13-43-29(41)30(17,42)4-2/h9-10,19,37,42H,3-8,11-13H2,1-2H3,(H,33,38)/t19?,30-/m0/s1. The zero-order valence-electron chi connectivity index (χ0n) is 23.6. The maximum atomic E-state index is 15.0. The molecule has 3 N–H and O–H groups in total. The molecule has 11 nitrogen and oxygen atoms in total. The van der Waals surface area contributed by atoms with Crippen molar-refractivity contribution in [2.24, 2.45) is 0 Å². The number of aromatic nitrogens is 2. The molecular formula is C30H30ClFN4O7. The number of cyclic esters (lactones) is 1. The molecule has 0 bridgehead atoms. The number of carbonyl (C=O) groups is 3. The third-order valence-corrected chi connectivity index (χ3v) is 9.15. The van der Waals surface area contributed by atoms with E-state index in [1.54, 1.807) is 19.9 Å². The minimum Gasteiger partial charge on any atom is -0.458 e. The van der Waals surface area contributed by atoms with Crippen LogP contribution in [0.25, 0.3) is 22.3 Å². The Balaban J connectivity index is 1.51. The first-order valence-corrected chi connectivity index (χ1v) is 14.6. The van der Waals surface area contributed by atoms with Gasteiger partial charge in [-0.25, -0.2) is 14.2 Å². The van der Waals surface area contributed by atoms with Gasteiger partial charge in [0.1, 0.15) is 12.4 Å². The number of pyridine rings is 2. The molecular weight excluding hydrogens is 583 g/mol. The second kappa shape index (κ2) is 10.7. The van der Waals surface area contributed by atoms with Crippen LogP contribution in [0, 0.1) is 5.82 Å². The van der Waals surface area contributed by atoms with E-state index < -0.39 is 34.9 Å². The third kappa shape index (κ3) is 4.42. The van der Waals surface area contributed by atoms with E-state index in [1.165, 1.54) is 15.5 Å². The number of aliphatic hydroxyl groups excluding tert-OH is 1. The lowest BCUT2D eigenvalue weighted by Gasteiger charge is -2.31. The minimum absolute atomic E-state index is 0.0105. The Kier molecular flexibility index (Phi) is 7.26. The summed E-state index contributed by atoms with van der Waals surface area (Å²) in [7, 11) is 0. The molecule has 13 heteroatoms. The zero-order chi connectivity index (χ0) is 30.8. The Morgan fingerprint density at radius 3 is 2.72 bits per heavy atom. The maximum Gasteiger partial charge on any atom is 0.343 e. The van der Waals surface area contributed by atoms with E-state index in [0.717, 1.165) is 0 Å². The van der Waals surface area contributed by atoms with Crippen molar-refractivity contribution in [2.75, 3.05) is 19.7 Å². The van der Waals surface area contributed by atoms with Gasteiger partial charge in [-0.3, -0.25) is 14.4 Å². The molecule has 2 amide bonds. The molecule has 226 valence electrons. The molecule has 1 unspecified atom stereocenters. The van der Waals surface area contributed by atoms with Gasteiger partial charge in [-0.15, -0.1) is 0 Å². The van der Waals surface area contributed by atoms with Crippen LogP contribution >= 0.6 is 11.6 Å². The Hall–Kier alpha value is -3.87. The van der Waals surface area contributed by atoms with Crippen LogP contribution in [0.4, 0.5) is 4.39 Å². The van der Waals surface area contributed by atoms with Gasteiger partial charge in [0.15, 0.2) is 5.60 Å². The SMILES string of the molecule is CCC(=O)N(CCO)CC(=O)NC1CCc2c(Cl)c(F)cc3nc4c(c1c23)Cn1c-4cc2c(c1=O)COC(=O)[C@]2(O)CC. The molecule has 0 fully saturated rings. The van der Waals surface area contributed by atoms with Crippen molar-refractivity contribution in [1.29, 1.82) is 0 Å². The molecule has 2 aromatic heterocycles. The highest BCUT2D eigenvalue weighted by Crippen LogP contribution is 2.46. The Labute approximate surface area is 250 Å². The lowest BCUT2D eigenvalue weighted by molar-refractivity contribution is -0.172. The first-order chi connectivity index (χ1) is 20.5. The van der Waals surface area contributed by atoms with Gasteiger partial charge >= 0.3 is 5.97 Å². The number of rotatable bonds is 7. The van der Waals surface area contributed by atoms with Crippen molar-refractivity contribution in [3.63, 3.8) is 0 Å². The summed E-state index contributed by atoms with van der Waals surface area (Å²) in [5.74, 6) is -2.21. The fraction of sp³-hybridized carbons (Fsp3) is 0.433. The van der Waals surface area contributed by atoms with E-state index in [9.17, 15) is 33.8 Å². The number of fused-ring (bicyclic) bond motifs is 5. The van der Waals surface area contributed by atoms with Crippen LogP contribution in [-0.4, -0.2) is 62.1 Å². The van der Waals surface area contributed by atoms with Crippen molar-refractivity contribution < 1.29 is 33.7 Å². The molecule has 2 atom stereocenters. The lowest BCUT2D eigenvalue weighted by Crippen LogP contribution is -2.44.